The van der Waals surface area contributed by atoms with Crippen LogP contribution in [0.1, 0.15) is 30.5 Å². The maximum absolute atomic E-state index is 13.6. The van der Waals surface area contributed by atoms with E-state index in [2.05, 4.69) is 21.8 Å². The van der Waals surface area contributed by atoms with Gasteiger partial charge in [0.25, 0.3) is 0 Å². The molecule has 0 saturated carbocycles. The minimum atomic E-state index is -3.06. The number of alkyl halides is 2. The van der Waals surface area contributed by atoms with Gasteiger partial charge in [0.15, 0.2) is 15.0 Å². The van der Waals surface area contributed by atoms with E-state index in [-0.39, 0.29) is 29.0 Å². The first-order chi connectivity index (χ1) is 13.9. The average Bonchev–Trinajstić information content (AvgIpc) is 3.34. The summed E-state index contributed by atoms with van der Waals surface area (Å²) in [6, 6.07) is 6.76. The molecule has 7 nitrogen and oxygen atoms in total. The molecule has 0 aliphatic carbocycles. The molecular weight excluding hydrogens is 420 g/mol. The van der Waals surface area contributed by atoms with Crippen molar-refractivity contribution in [2.24, 2.45) is 0 Å². The van der Waals surface area contributed by atoms with Crippen LogP contribution in [0.25, 0.3) is 11.0 Å². The van der Waals surface area contributed by atoms with E-state index in [0.29, 0.717) is 35.0 Å². The Bertz CT molecular complexity index is 1160. The number of nitrogens with zero attached hydrogens (tertiary/aromatic N) is 5. The zero-order chi connectivity index (χ0) is 20.6. The van der Waals surface area contributed by atoms with Crippen LogP contribution in [0, 0.1) is 0 Å². The Morgan fingerprint density at radius 1 is 1.31 bits per heavy atom. The zero-order valence-electron chi connectivity index (χ0n) is 15.4. The van der Waals surface area contributed by atoms with E-state index in [1.54, 1.807) is 34.9 Å². The van der Waals surface area contributed by atoms with Gasteiger partial charge in [-0.1, -0.05) is 30.0 Å². The van der Waals surface area contributed by atoms with Gasteiger partial charge in [0.2, 0.25) is 0 Å². The van der Waals surface area contributed by atoms with Crippen LogP contribution < -0.4 is 0 Å². The molecule has 1 aliphatic rings. The van der Waals surface area contributed by atoms with E-state index in [1.807, 2.05) is 0 Å². The summed E-state index contributed by atoms with van der Waals surface area (Å²) in [5.41, 5.74) is 0.885. The van der Waals surface area contributed by atoms with Gasteiger partial charge in [0.1, 0.15) is 11.6 Å². The van der Waals surface area contributed by atoms with Crippen LogP contribution >= 0.6 is 11.8 Å². The van der Waals surface area contributed by atoms with Crippen LogP contribution in [-0.4, -0.2) is 44.2 Å². The van der Waals surface area contributed by atoms with Crippen molar-refractivity contribution >= 4 is 32.6 Å². The summed E-state index contributed by atoms with van der Waals surface area (Å²) in [6.45, 7) is 1.44. The van der Waals surface area contributed by atoms with E-state index in [1.165, 1.54) is 11.8 Å². The fourth-order valence-electron chi connectivity index (χ4n) is 3.55. The molecule has 0 bridgehead atoms. The number of sulfone groups is 1. The van der Waals surface area contributed by atoms with Crippen molar-refractivity contribution in [2.75, 3.05) is 11.5 Å². The van der Waals surface area contributed by atoms with Gasteiger partial charge in [-0.25, -0.2) is 13.4 Å². The maximum Gasteiger partial charge on any atom is 0.320 e. The molecule has 0 N–H and O–H groups in total. The topological polar surface area (TPSA) is 82.7 Å². The van der Waals surface area contributed by atoms with E-state index in [4.69, 9.17) is 0 Å². The number of imidazole rings is 1. The molecule has 1 aliphatic heterocycles. The molecule has 0 radical (unpaired) electrons. The first-order valence-electron chi connectivity index (χ1n) is 9.01. The standard InChI is InChI=1S/C18H19F2N5O2S2/c1-2-8-24-16(12-7-9-29(26,27)11-12)22-23-18(24)28-10-15-21-13-5-3-4-6-14(13)25(15)17(19)20/h2-6,12,17H,1,7-11H2/t12-/m0/s1. The molecule has 3 heterocycles. The number of aromatic nitrogens is 5. The Labute approximate surface area is 170 Å². The summed E-state index contributed by atoms with van der Waals surface area (Å²) in [7, 11) is -3.06. The van der Waals surface area contributed by atoms with Crippen molar-refractivity contribution in [2.45, 2.75) is 36.3 Å². The number of thioether (sulfide) groups is 1. The second kappa shape index (κ2) is 7.86. The van der Waals surface area contributed by atoms with Crippen molar-refractivity contribution in [3.63, 3.8) is 0 Å². The predicted molar refractivity (Wildman–Crippen MR) is 107 cm³/mol. The highest BCUT2D eigenvalue weighted by Gasteiger charge is 2.33. The average molecular weight is 440 g/mol. The molecule has 1 atom stereocenters. The van der Waals surface area contributed by atoms with Crippen LogP contribution in [0.5, 0.6) is 0 Å². The molecule has 11 heteroatoms. The smallest absolute Gasteiger partial charge is 0.302 e. The normalized spacial score (nSPS) is 18.7. The van der Waals surface area contributed by atoms with Gasteiger partial charge in [-0.05, 0) is 18.6 Å². The molecule has 1 fully saturated rings. The van der Waals surface area contributed by atoms with E-state index in [0.717, 1.165) is 4.57 Å². The van der Waals surface area contributed by atoms with Gasteiger partial charge >= 0.3 is 6.55 Å². The molecular formula is C18H19F2N5O2S2. The molecule has 1 aromatic carbocycles. The molecule has 0 amide bonds. The summed E-state index contributed by atoms with van der Waals surface area (Å²) < 4.78 is 53.6. The molecule has 154 valence electrons. The molecule has 3 aromatic rings. The monoisotopic (exact) mass is 439 g/mol. The minimum Gasteiger partial charge on any atom is -0.302 e. The lowest BCUT2D eigenvalue weighted by Gasteiger charge is -2.11. The fraction of sp³-hybridized carbons (Fsp3) is 0.389. The van der Waals surface area contributed by atoms with Crippen LogP contribution in [-0.2, 0) is 22.1 Å². The quantitative estimate of drug-likeness (QED) is 0.415. The lowest BCUT2D eigenvalue weighted by molar-refractivity contribution is 0.0722. The molecule has 1 saturated heterocycles. The van der Waals surface area contributed by atoms with Gasteiger partial charge in [-0.15, -0.1) is 16.8 Å². The summed E-state index contributed by atoms with van der Waals surface area (Å²) >= 11 is 1.24. The summed E-state index contributed by atoms with van der Waals surface area (Å²) in [5, 5.41) is 8.90. The summed E-state index contributed by atoms with van der Waals surface area (Å²) in [6.07, 6.45) is 2.18. The number of allylic oxidation sites excluding steroid dienone is 1. The number of halogens is 2. The Morgan fingerprint density at radius 2 is 2.10 bits per heavy atom. The van der Waals surface area contributed by atoms with Crippen LogP contribution in [0.3, 0.4) is 0 Å². The Morgan fingerprint density at radius 3 is 2.79 bits per heavy atom. The lowest BCUT2D eigenvalue weighted by atomic mass is 10.1. The molecule has 2 aromatic heterocycles. The van der Waals surface area contributed by atoms with Gasteiger partial charge in [-0.2, -0.15) is 8.78 Å². The maximum atomic E-state index is 13.6. The molecule has 0 unspecified atom stereocenters. The van der Waals surface area contributed by atoms with Gasteiger partial charge in [-0.3, -0.25) is 4.57 Å². The van der Waals surface area contributed by atoms with Gasteiger partial charge in [0.05, 0.1) is 28.3 Å². The lowest BCUT2D eigenvalue weighted by Crippen LogP contribution is -2.11. The summed E-state index contributed by atoms with van der Waals surface area (Å²) in [5.74, 6) is 0.984. The third kappa shape index (κ3) is 3.93. The minimum absolute atomic E-state index is 0.0497. The van der Waals surface area contributed by atoms with Crippen molar-refractivity contribution in [1.82, 2.24) is 24.3 Å². The number of hydrogen-bond donors (Lipinski definition) is 0. The van der Waals surface area contributed by atoms with Crippen LogP contribution in [0.15, 0.2) is 42.1 Å². The highest BCUT2D eigenvalue weighted by molar-refractivity contribution is 7.98. The highest BCUT2D eigenvalue weighted by atomic mass is 32.2. The second-order valence-corrected chi connectivity index (χ2v) is 9.96. The number of rotatable bonds is 7. The third-order valence-electron chi connectivity index (χ3n) is 4.85. The SMILES string of the molecule is C=CCn1c(SCc2nc3ccccc3n2C(F)F)nnc1[C@H]1CCS(=O)(=O)C1. The number of fused-ring (bicyclic) bond motifs is 1. The second-order valence-electron chi connectivity index (χ2n) is 6.79. The first kappa shape index (κ1) is 20.0. The zero-order valence-corrected chi connectivity index (χ0v) is 17.0. The number of para-hydroxylation sites is 2. The van der Waals surface area contributed by atoms with Crippen LogP contribution in [0.4, 0.5) is 8.78 Å². The van der Waals surface area contributed by atoms with Gasteiger partial charge < -0.3 is 4.57 Å². The van der Waals surface area contributed by atoms with Crippen molar-refractivity contribution in [3.05, 3.63) is 48.6 Å². The van der Waals surface area contributed by atoms with Crippen molar-refractivity contribution in [3.8, 4) is 0 Å². The van der Waals surface area contributed by atoms with Crippen LogP contribution in [0.2, 0.25) is 0 Å². The largest absolute Gasteiger partial charge is 0.320 e. The summed E-state index contributed by atoms with van der Waals surface area (Å²) in [4.78, 5) is 4.33. The Balaban J connectivity index is 1.62. The number of hydrogen-bond acceptors (Lipinski definition) is 6. The van der Waals surface area contributed by atoms with Crippen molar-refractivity contribution in [1.29, 1.82) is 0 Å². The third-order valence-corrected chi connectivity index (χ3v) is 7.58. The fourth-order valence-corrected chi connectivity index (χ4v) is 6.17. The predicted octanol–water partition coefficient (Wildman–Crippen LogP) is 3.40. The van der Waals surface area contributed by atoms with E-state index < -0.39 is 16.4 Å². The van der Waals surface area contributed by atoms with E-state index in [9.17, 15) is 17.2 Å². The van der Waals surface area contributed by atoms with E-state index >= 15 is 0 Å². The number of benzene rings is 1. The molecule has 0 spiro atoms. The Kier molecular flexibility index (Phi) is 5.43. The van der Waals surface area contributed by atoms with Gasteiger partial charge in [0, 0.05) is 12.5 Å². The van der Waals surface area contributed by atoms with Crippen molar-refractivity contribution < 1.29 is 17.2 Å². The highest BCUT2D eigenvalue weighted by Crippen LogP contribution is 2.32. The first-order valence-corrected chi connectivity index (χ1v) is 11.8. The molecule has 29 heavy (non-hydrogen) atoms. The molecule has 4 rings (SSSR count). The Hall–Kier alpha value is -2.27.